The van der Waals surface area contributed by atoms with Crippen molar-refractivity contribution in [2.45, 2.75) is 6.42 Å². The summed E-state index contributed by atoms with van der Waals surface area (Å²) >= 11 is 0. The molecule has 0 unspecified atom stereocenters. The van der Waals surface area contributed by atoms with E-state index in [4.69, 9.17) is 0 Å². The minimum Gasteiger partial charge on any atom is -0.357 e. The highest BCUT2D eigenvalue weighted by molar-refractivity contribution is 5.99. The van der Waals surface area contributed by atoms with E-state index in [2.05, 4.69) is 15.8 Å². The lowest BCUT2D eigenvalue weighted by Gasteiger charge is -2.11. The maximum atomic E-state index is 12.4. The summed E-state index contributed by atoms with van der Waals surface area (Å²) < 4.78 is 0. The van der Waals surface area contributed by atoms with Crippen molar-refractivity contribution in [2.24, 2.45) is 0 Å². The number of H-pyrrole nitrogens is 1. The largest absolute Gasteiger partial charge is 0.357 e. The van der Waals surface area contributed by atoms with Gasteiger partial charge in [0.05, 0.1) is 0 Å². The fourth-order valence-electron chi connectivity index (χ4n) is 2.43. The van der Waals surface area contributed by atoms with E-state index in [-0.39, 0.29) is 5.91 Å². The molecule has 0 aliphatic rings. The zero-order valence-electron chi connectivity index (χ0n) is 13.0. The number of aromatic amines is 1. The van der Waals surface area contributed by atoms with E-state index < -0.39 is 5.91 Å². The van der Waals surface area contributed by atoms with Crippen molar-refractivity contribution in [2.75, 3.05) is 0 Å². The van der Waals surface area contributed by atoms with Crippen LogP contribution in [0.5, 0.6) is 0 Å². The Bertz CT molecular complexity index is 827. The molecule has 3 N–H and O–H groups in total. The van der Waals surface area contributed by atoms with Crippen LogP contribution in [0.25, 0.3) is 0 Å². The molecule has 5 heteroatoms. The van der Waals surface area contributed by atoms with Gasteiger partial charge in [0.1, 0.15) is 5.69 Å². The van der Waals surface area contributed by atoms with Crippen molar-refractivity contribution in [3.63, 3.8) is 0 Å². The van der Waals surface area contributed by atoms with E-state index in [9.17, 15) is 9.59 Å². The van der Waals surface area contributed by atoms with Gasteiger partial charge in [-0.25, -0.2) is 0 Å². The summed E-state index contributed by atoms with van der Waals surface area (Å²) in [6.45, 7) is 0. The van der Waals surface area contributed by atoms with E-state index in [1.165, 1.54) is 0 Å². The molecule has 2 aromatic carbocycles. The minimum atomic E-state index is -0.395. The molecule has 0 aliphatic carbocycles. The summed E-state index contributed by atoms with van der Waals surface area (Å²) in [6.07, 6.45) is 2.29. The number of hydrogen-bond donors (Lipinski definition) is 3. The molecule has 0 saturated heterocycles. The van der Waals surface area contributed by atoms with Crippen LogP contribution in [0.4, 0.5) is 0 Å². The van der Waals surface area contributed by atoms with Crippen LogP contribution in [0.2, 0.25) is 0 Å². The molecule has 0 aliphatic heterocycles. The number of carbonyl (C=O) groups is 2. The number of hydrazine groups is 1. The number of aromatic nitrogens is 1. The third-order valence-electron chi connectivity index (χ3n) is 3.63. The third kappa shape index (κ3) is 3.70. The molecule has 0 bridgehead atoms. The third-order valence-corrected chi connectivity index (χ3v) is 3.63. The summed E-state index contributed by atoms with van der Waals surface area (Å²) in [4.78, 5) is 27.0. The van der Waals surface area contributed by atoms with E-state index >= 15 is 0 Å². The summed E-state index contributed by atoms with van der Waals surface area (Å²) in [6, 6.07) is 20.6. The van der Waals surface area contributed by atoms with Gasteiger partial charge in [-0.15, -0.1) is 0 Å². The van der Waals surface area contributed by atoms with Crippen LogP contribution in [-0.2, 0) is 6.42 Å². The van der Waals surface area contributed by atoms with Crippen LogP contribution < -0.4 is 10.9 Å². The Morgan fingerprint density at radius 2 is 1.50 bits per heavy atom. The molecule has 3 aromatic rings. The maximum absolute atomic E-state index is 12.4. The van der Waals surface area contributed by atoms with E-state index in [1.54, 1.807) is 30.5 Å². The van der Waals surface area contributed by atoms with Gasteiger partial charge in [0, 0.05) is 11.8 Å². The normalized spacial score (nSPS) is 10.2. The highest BCUT2D eigenvalue weighted by Gasteiger charge is 2.13. The van der Waals surface area contributed by atoms with E-state index in [0.29, 0.717) is 17.7 Å². The van der Waals surface area contributed by atoms with Crippen LogP contribution in [0, 0.1) is 0 Å². The number of nitrogens with one attached hydrogen (secondary N) is 3. The van der Waals surface area contributed by atoms with Crippen LogP contribution >= 0.6 is 0 Å². The predicted molar refractivity (Wildman–Crippen MR) is 91.4 cm³/mol. The standard InChI is InChI=1S/C19H17N3O2/c23-18(21-22-19(24)17-11-6-12-20-17)16-10-5-4-9-15(16)13-14-7-2-1-3-8-14/h1-12,20H,13H2,(H,21,23)(H,22,24). The molecule has 120 valence electrons. The Kier molecular flexibility index (Phi) is 4.72. The van der Waals surface area contributed by atoms with Crippen molar-refractivity contribution in [1.82, 2.24) is 15.8 Å². The van der Waals surface area contributed by atoms with Gasteiger partial charge < -0.3 is 4.98 Å². The van der Waals surface area contributed by atoms with Crippen molar-refractivity contribution in [3.05, 3.63) is 95.3 Å². The minimum absolute atomic E-state index is 0.346. The number of benzene rings is 2. The molecule has 24 heavy (non-hydrogen) atoms. The van der Waals surface area contributed by atoms with Crippen molar-refractivity contribution in [1.29, 1.82) is 0 Å². The van der Waals surface area contributed by atoms with Gasteiger partial charge in [-0.05, 0) is 35.7 Å². The Morgan fingerprint density at radius 1 is 0.792 bits per heavy atom. The number of rotatable bonds is 4. The molecule has 2 amide bonds. The van der Waals surface area contributed by atoms with Gasteiger partial charge >= 0.3 is 0 Å². The number of carbonyl (C=O) groups excluding carboxylic acids is 2. The molecule has 3 rings (SSSR count). The monoisotopic (exact) mass is 319 g/mol. The topological polar surface area (TPSA) is 74.0 Å². The quantitative estimate of drug-likeness (QED) is 0.647. The van der Waals surface area contributed by atoms with E-state index in [0.717, 1.165) is 11.1 Å². The molecular weight excluding hydrogens is 302 g/mol. The molecule has 0 saturated carbocycles. The van der Waals surface area contributed by atoms with Gasteiger partial charge in [-0.1, -0.05) is 48.5 Å². The maximum Gasteiger partial charge on any atom is 0.286 e. The Hall–Kier alpha value is -3.34. The molecule has 0 spiro atoms. The molecule has 0 fully saturated rings. The van der Waals surface area contributed by atoms with Gasteiger partial charge in [0.15, 0.2) is 0 Å². The van der Waals surface area contributed by atoms with Gasteiger partial charge in [-0.2, -0.15) is 0 Å². The zero-order valence-corrected chi connectivity index (χ0v) is 13.0. The first kappa shape index (κ1) is 15.6. The second-order valence-electron chi connectivity index (χ2n) is 5.31. The summed E-state index contributed by atoms with van der Waals surface area (Å²) in [5, 5.41) is 0. The fraction of sp³-hybridized carbons (Fsp3) is 0.0526. The van der Waals surface area contributed by atoms with Crippen LogP contribution in [-0.4, -0.2) is 16.8 Å². The number of hydrogen-bond acceptors (Lipinski definition) is 2. The van der Waals surface area contributed by atoms with Crippen molar-refractivity contribution < 1.29 is 9.59 Å². The highest BCUT2D eigenvalue weighted by Crippen LogP contribution is 2.14. The molecule has 5 nitrogen and oxygen atoms in total. The zero-order chi connectivity index (χ0) is 16.8. The Labute approximate surface area is 139 Å². The van der Waals surface area contributed by atoms with Crippen LogP contribution in [0.15, 0.2) is 72.9 Å². The SMILES string of the molecule is O=C(NNC(=O)c1ccccc1Cc1ccccc1)c1ccc[nH]1. The molecule has 1 aromatic heterocycles. The van der Waals surface area contributed by atoms with Crippen LogP contribution in [0.1, 0.15) is 32.0 Å². The first-order valence-corrected chi connectivity index (χ1v) is 7.60. The molecular formula is C19H17N3O2. The van der Waals surface area contributed by atoms with Gasteiger partial charge in [-0.3, -0.25) is 20.4 Å². The molecule has 0 atom stereocenters. The second kappa shape index (κ2) is 7.28. The Morgan fingerprint density at radius 3 is 2.25 bits per heavy atom. The summed E-state index contributed by atoms with van der Waals surface area (Å²) in [7, 11) is 0. The smallest absolute Gasteiger partial charge is 0.286 e. The summed E-state index contributed by atoms with van der Waals surface area (Å²) in [5.74, 6) is -0.740. The highest BCUT2D eigenvalue weighted by atomic mass is 16.2. The lowest BCUT2D eigenvalue weighted by molar-refractivity contribution is 0.0844. The first-order chi connectivity index (χ1) is 11.7. The summed E-state index contributed by atoms with van der Waals surface area (Å²) in [5.41, 5.74) is 7.79. The van der Waals surface area contributed by atoms with Crippen LogP contribution in [0.3, 0.4) is 0 Å². The average molecular weight is 319 g/mol. The number of amides is 2. The lowest BCUT2D eigenvalue weighted by atomic mass is 9.99. The predicted octanol–water partition coefficient (Wildman–Crippen LogP) is 2.68. The lowest BCUT2D eigenvalue weighted by Crippen LogP contribution is -2.42. The average Bonchev–Trinajstić information content (AvgIpc) is 3.15. The van der Waals surface area contributed by atoms with Crippen molar-refractivity contribution >= 4 is 11.8 Å². The van der Waals surface area contributed by atoms with Gasteiger partial charge in [0.2, 0.25) is 0 Å². The second-order valence-corrected chi connectivity index (χ2v) is 5.31. The van der Waals surface area contributed by atoms with Crippen molar-refractivity contribution in [3.8, 4) is 0 Å². The molecule has 1 heterocycles. The first-order valence-electron chi connectivity index (χ1n) is 7.60. The fourth-order valence-corrected chi connectivity index (χ4v) is 2.43. The van der Waals surface area contributed by atoms with E-state index in [1.807, 2.05) is 42.5 Å². The van der Waals surface area contributed by atoms with Gasteiger partial charge in [0.25, 0.3) is 11.8 Å². The Balaban J connectivity index is 1.70. The molecule has 0 radical (unpaired) electrons.